The highest BCUT2D eigenvalue weighted by atomic mass is 32.1. The van der Waals surface area contributed by atoms with Gasteiger partial charge in [-0.3, -0.25) is 4.79 Å². The van der Waals surface area contributed by atoms with Crippen molar-refractivity contribution in [3.8, 4) is 0 Å². The van der Waals surface area contributed by atoms with Crippen LogP contribution in [0, 0.1) is 0 Å². The number of nitrogens with zero attached hydrogens (tertiary/aromatic N) is 2. The Hall–Kier alpha value is -2.34. The molecule has 1 amide bonds. The summed E-state index contributed by atoms with van der Waals surface area (Å²) in [5.41, 5.74) is 2.35. The van der Waals surface area contributed by atoms with E-state index in [1.807, 2.05) is 29.2 Å². The van der Waals surface area contributed by atoms with Gasteiger partial charge in [0, 0.05) is 36.6 Å². The van der Waals surface area contributed by atoms with Crippen LogP contribution in [0.25, 0.3) is 0 Å². The normalized spacial score (nSPS) is 13.6. The molecule has 0 unspecified atom stereocenters. The van der Waals surface area contributed by atoms with Gasteiger partial charge in [0.05, 0.1) is 6.54 Å². The maximum Gasteiger partial charge on any atom is 0.227 e. The van der Waals surface area contributed by atoms with Crippen molar-refractivity contribution in [3.05, 3.63) is 52.2 Å². The highest BCUT2D eigenvalue weighted by molar-refractivity contribution is 7.09. The van der Waals surface area contributed by atoms with Crippen LogP contribution in [0.2, 0.25) is 0 Å². The number of hydrogen-bond donors (Lipinski definition) is 2. The zero-order valence-electron chi connectivity index (χ0n) is 15.2. The number of benzene rings is 1. The molecule has 0 radical (unpaired) electrons. The Morgan fingerprint density at radius 1 is 1.23 bits per heavy atom. The molecule has 138 valence electrons. The zero-order chi connectivity index (χ0) is 18.2. The van der Waals surface area contributed by atoms with Crippen LogP contribution >= 0.6 is 11.3 Å². The van der Waals surface area contributed by atoms with Gasteiger partial charge in [-0.2, -0.15) is 0 Å². The molecule has 0 spiro atoms. The lowest BCUT2D eigenvalue weighted by Gasteiger charge is -2.17. The zero-order valence-corrected chi connectivity index (χ0v) is 16.0. The number of aliphatic imine (C=N–C) groups is 1. The first-order valence-electron chi connectivity index (χ1n) is 9.20. The smallest absolute Gasteiger partial charge is 0.227 e. The Morgan fingerprint density at radius 2 is 2.12 bits per heavy atom. The van der Waals surface area contributed by atoms with Crippen molar-refractivity contribution in [1.29, 1.82) is 0 Å². The molecule has 1 aliphatic rings. The molecule has 3 rings (SSSR count). The second-order valence-electron chi connectivity index (χ2n) is 6.23. The van der Waals surface area contributed by atoms with Crippen molar-refractivity contribution < 1.29 is 4.79 Å². The van der Waals surface area contributed by atoms with Crippen molar-refractivity contribution in [3.63, 3.8) is 0 Å². The number of carbonyl (C=O) groups is 1. The molecule has 0 saturated carbocycles. The Bertz CT molecular complexity index is 742. The highest BCUT2D eigenvalue weighted by Gasteiger charge is 2.23. The average Bonchev–Trinajstić information content (AvgIpc) is 3.32. The van der Waals surface area contributed by atoms with Crippen LogP contribution < -0.4 is 15.5 Å². The molecule has 0 saturated heterocycles. The fourth-order valence-corrected chi connectivity index (χ4v) is 3.71. The van der Waals surface area contributed by atoms with E-state index in [-0.39, 0.29) is 5.91 Å². The number of para-hydroxylation sites is 1. The van der Waals surface area contributed by atoms with Crippen molar-refractivity contribution in [1.82, 2.24) is 10.6 Å². The Labute approximate surface area is 159 Å². The maximum absolute atomic E-state index is 12.5. The molecule has 2 heterocycles. The number of fused-ring (bicyclic) bond motifs is 1. The minimum atomic E-state index is 0.206. The molecular formula is C20H26N4OS. The van der Waals surface area contributed by atoms with Gasteiger partial charge in [0.25, 0.3) is 0 Å². The van der Waals surface area contributed by atoms with Crippen LogP contribution in [0.3, 0.4) is 0 Å². The Morgan fingerprint density at radius 3 is 2.92 bits per heavy atom. The van der Waals surface area contributed by atoms with Gasteiger partial charge >= 0.3 is 0 Å². The van der Waals surface area contributed by atoms with Gasteiger partial charge < -0.3 is 15.5 Å². The van der Waals surface area contributed by atoms with Crippen LogP contribution in [0.5, 0.6) is 0 Å². The van der Waals surface area contributed by atoms with E-state index in [4.69, 9.17) is 0 Å². The standard InChI is InChI=1S/C20H26N4OS/c1-2-21-20(23-15-17-8-6-14-26-17)22-12-5-10-19(25)24-13-11-16-7-3-4-9-18(16)24/h3-4,6-9,14H,2,5,10-13,15H2,1H3,(H2,21,22,23). The summed E-state index contributed by atoms with van der Waals surface area (Å²) in [6, 6.07) is 12.3. The summed E-state index contributed by atoms with van der Waals surface area (Å²) in [6.07, 6.45) is 2.30. The molecule has 0 fully saturated rings. The molecule has 0 atom stereocenters. The first-order valence-corrected chi connectivity index (χ1v) is 10.1. The molecule has 5 nitrogen and oxygen atoms in total. The minimum absolute atomic E-state index is 0.206. The van der Waals surface area contributed by atoms with Gasteiger partial charge in [-0.05, 0) is 42.8 Å². The maximum atomic E-state index is 12.5. The number of anilines is 1. The minimum Gasteiger partial charge on any atom is -0.357 e. The molecular weight excluding hydrogens is 344 g/mol. The predicted molar refractivity (Wildman–Crippen MR) is 109 cm³/mol. The lowest BCUT2D eigenvalue weighted by atomic mass is 10.2. The van der Waals surface area contributed by atoms with E-state index in [1.165, 1.54) is 10.4 Å². The summed E-state index contributed by atoms with van der Waals surface area (Å²) in [5, 5.41) is 8.63. The Kier molecular flexibility index (Phi) is 6.66. The molecule has 2 N–H and O–H groups in total. The van der Waals surface area contributed by atoms with E-state index in [1.54, 1.807) is 11.3 Å². The van der Waals surface area contributed by atoms with Gasteiger partial charge in [-0.15, -0.1) is 11.3 Å². The number of carbonyl (C=O) groups excluding carboxylic acids is 1. The molecule has 0 bridgehead atoms. The van der Waals surface area contributed by atoms with Gasteiger partial charge in [0.15, 0.2) is 5.96 Å². The highest BCUT2D eigenvalue weighted by Crippen LogP contribution is 2.27. The molecule has 0 aliphatic carbocycles. The van der Waals surface area contributed by atoms with Crippen LogP contribution in [0.15, 0.2) is 46.8 Å². The van der Waals surface area contributed by atoms with Gasteiger partial charge in [-0.1, -0.05) is 24.3 Å². The van der Waals surface area contributed by atoms with Crippen LogP contribution in [0.1, 0.15) is 30.2 Å². The summed E-state index contributed by atoms with van der Waals surface area (Å²) < 4.78 is 0. The summed E-state index contributed by atoms with van der Waals surface area (Å²) in [4.78, 5) is 20.3. The van der Waals surface area contributed by atoms with Crippen molar-refractivity contribution in [2.45, 2.75) is 32.7 Å². The number of hydrogen-bond acceptors (Lipinski definition) is 3. The summed E-state index contributed by atoms with van der Waals surface area (Å²) in [5.74, 6) is 1.01. The first kappa shape index (κ1) is 18.5. The number of thiophene rings is 1. The van der Waals surface area contributed by atoms with Crippen LogP contribution in [-0.4, -0.2) is 31.5 Å². The lowest BCUT2D eigenvalue weighted by molar-refractivity contribution is -0.118. The van der Waals surface area contributed by atoms with Gasteiger partial charge in [0.2, 0.25) is 5.91 Å². The third-order valence-corrected chi connectivity index (χ3v) is 5.23. The first-order chi connectivity index (χ1) is 12.8. The van der Waals surface area contributed by atoms with E-state index in [9.17, 15) is 4.79 Å². The van der Waals surface area contributed by atoms with E-state index in [2.05, 4.69) is 40.1 Å². The quantitative estimate of drug-likeness (QED) is 0.447. The fraction of sp³-hybridized carbons (Fsp3) is 0.400. The largest absolute Gasteiger partial charge is 0.357 e. The third kappa shape index (κ3) is 4.85. The van der Waals surface area contributed by atoms with Crippen molar-refractivity contribution >= 4 is 28.9 Å². The molecule has 1 aromatic carbocycles. The lowest BCUT2D eigenvalue weighted by Crippen LogP contribution is -2.38. The second kappa shape index (κ2) is 9.38. The van der Waals surface area contributed by atoms with Crippen molar-refractivity contribution in [2.24, 2.45) is 4.99 Å². The number of amides is 1. The molecule has 6 heteroatoms. The van der Waals surface area contributed by atoms with Crippen molar-refractivity contribution in [2.75, 3.05) is 24.5 Å². The third-order valence-electron chi connectivity index (χ3n) is 4.37. The number of nitrogens with one attached hydrogen (secondary N) is 2. The topological polar surface area (TPSA) is 56.7 Å². The van der Waals surface area contributed by atoms with E-state index >= 15 is 0 Å². The predicted octanol–water partition coefficient (Wildman–Crippen LogP) is 3.17. The molecule has 26 heavy (non-hydrogen) atoms. The van der Waals surface area contributed by atoms with E-state index < -0.39 is 0 Å². The fourth-order valence-electron chi connectivity index (χ4n) is 3.08. The van der Waals surface area contributed by atoms with E-state index in [0.29, 0.717) is 13.0 Å². The second-order valence-corrected chi connectivity index (χ2v) is 7.26. The molecule has 1 aromatic heterocycles. The van der Waals surface area contributed by atoms with Gasteiger partial charge in [-0.25, -0.2) is 4.99 Å². The van der Waals surface area contributed by atoms with Gasteiger partial charge in [0.1, 0.15) is 0 Å². The van der Waals surface area contributed by atoms with Crippen LogP contribution in [-0.2, 0) is 17.8 Å². The van der Waals surface area contributed by atoms with E-state index in [0.717, 1.165) is 44.1 Å². The summed E-state index contributed by atoms with van der Waals surface area (Å²) in [6.45, 7) is 5.08. The molecule has 2 aromatic rings. The summed E-state index contributed by atoms with van der Waals surface area (Å²) >= 11 is 1.71. The monoisotopic (exact) mass is 370 g/mol. The molecule has 1 aliphatic heterocycles. The summed E-state index contributed by atoms with van der Waals surface area (Å²) in [7, 11) is 0. The van der Waals surface area contributed by atoms with Crippen LogP contribution in [0.4, 0.5) is 5.69 Å². The number of rotatable bonds is 7. The Balaban J connectivity index is 1.43. The average molecular weight is 371 g/mol. The SMILES string of the molecule is CCNC(=NCc1cccs1)NCCCC(=O)N1CCc2ccccc21. The number of guanidine groups is 1.